The van der Waals surface area contributed by atoms with Crippen LogP contribution in [0.15, 0.2) is 24.5 Å². The molecule has 94 valence electrons. The van der Waals surface area contributed by atoms with Crippen LogP contribution in [0.1, 0.15) is 33.4 Å². The highest BCUT2D eigenvalue weighted by Gasteiger charge is 2.22. The van der Waals surface area contributed by atoms with Crippen LogP contribution in [0.3, 0.4) is 0 Å². The molecule has 4 nitrogen and oxygen atoms in total. The molecule has 0 aliphatic heterocycles. The number of nitrogens with zero attached hydrogens (tertiary/aromatic N) is 1. The first kappa shape index (κ1) is 13.9. The summed E-state index contributed by atoms with van der Waals surface area (Å²) < 4.78 is 6.91. The van der Waals surface area contributed by atoms with Crippen molar-refractivity contribution >= 4 is 17.6 Å². The Labute approximate surface area is 106 Å². The fourth-order valence-corrected chi connectivity index (χ4v) is 1.41. The first-order chi connectivity index (χ1) is 7.78. The van der Waals surface area contributed by atoms with Crippen LogP contribution in [0.5, 0.6) is 0 Å². The smallest absolute Gasteiger partial charge is 0.314 e. The normalized spacial score (nSPS) is 13.2. The van der Waals surface area contributed by atoms with Gasteiger partial charge >= 0.3 is 5.97 Å². The van der Waals surface area contributed by atoms with Gasteiger partial charge in [0.2, 0.25) is 6.17 Å². The van der Waals surface area contributed by atoms with E-state index in [9.17, 15) is 4.79 Å². The van der Waals surface area contributed by atoms with Crippen molar-refractivity contribution in [2.45, 2.75) is 39.0 Å². The molecule has 17 heavy (non-hydrogen) atoms. The Morgan fingerprint density at radius 1 is 1.47 bits per heavy atom. The van der Waals surface area contributed by atoms with Crippen molar-refractivity contribution in [1.29, 1.82) is 0 Å². The minimum absolute atomic E-state index is 0.129. The molecule has 0 amide bonds. The van der Waals surface area contributed by atoms with Gasteiger partial charge in [-0.25, -0.2) is 0 Å². The second kappa shape index (κ2) is 5.47. The first-order valence-electron chi connectivity index (χ1n) is 5.42. The monoisotopic (exact) mass is 257 g/mol. The Morgan fingerprint density at radius 2 is 2.00 bits per heavy atom. The number of ether oxygens (including phenoxy) is 1. The number of esters is 1. The summed E-state index contributed by atoms with van der Waals surface area (Å²) in [5.41, 5.74) is 5.40. The number of carbonyl (C=O) groups excluding carboxylic acids is 1. The lowest BCUT2D eigenvalue weighted by Gasteiger charge is -2.19. The molecule has 1 rings (SSSR count). The predicted molar refractivity (Wildman–Crippen MR) is 65.3 cm³/mol. The van der Waals surface area contributed by atoms with Gasteiger partial charge in [-0.15, -0.1) is 0 Å². The second-order valence-corrected chi connectivity index (χ2v) is 5.26. The topological polar surface area (TPSA) is 56.2 Å². The third-order valence-electron chi connectivity index (χ3n) is 1.99. The zero-order valence-corrected chi connectivity index (χ0v) is 11.1. The number of pyridine rings is 1. The van der Waals surface area contributed by atoms with E-state index in [2.05, 4.69) is 0 Å². The van der Waals surface area contributed by atoms with Crippen LogP contribution in [0.2, 0.25) is 5.02 Å². The van der Waals surface area contributed by atoms with Gasteiger partial charge in [0.25, 0.3) is 0 Å². The van der Waals surface area contributed by atoms with Crippen molar-refractivity contribution in [3.8, 4) is 0 Å². The summed E-state index contributed by atoms with van der Waals surface area (Å²) in [5, 5.41) is 0.630. The maximum atomic E-state index is 11.6. The molecule has 0 bridgehead atoms. The molecule has 1 unspecified atom stereocenters. The summed E-state index contributed by atoms with van der Waals surface area (Å²) in [5.74, 6) is -0.313. The van der Waals surface area contributed by atoms with E-state index in [4.69, 9.17) is 22.1 Å². The standard InChI is InChI=1S/C12H18ClN2O2/c1-12(2,3)17-11(16)8-10(14)15-6-4-9(13)5-7-15/h4-7,10H,8,14H2,1-3H3/q+1. The average Bonchev–Trinajstić information content (AvgIpc) is 2.15. The van der Waals surface area contributed by atoms with Crippen LogP contribution in [0.4, 0.5) is 0 Å². The largest absolute Gasteiger partial charge is 0.460 e. The van der Waals surface area contributed by atoms with E-state index in [1.54, 1.807) is 29.1 Å². The van der Waals surface area contributed by atoms with E-state index in [1.165, 1.54) is 0 Å². The highest BCUT2D eigenvalue weighted by Crippen LogP contribution is 2.10. The number of rotatable bonds is 3. The minimum atomic E-state index is -0.485. The fraction of sp³-hybridized carbons (Fsp3) is 0.500. The first-order valence-corrected chi connectivity index (χ1v) is 5.79. The van der Waals surface area contributed by atoms with E-state index in [1.807, 2.05) is 20.8 Å². The van der Waals surface area contributed by atoms with Gasteiger partial charge in [0.1, 0.15) is 12.0 Å². The molecule has 0 saturated carbocycles. The summed E-state index contributed by atoms with van der Waals surface area (Å²) >= 11 is 5.76. The number of nitrogens with two attached hydrogens (primary N) is 1. The predicted octanol–water partition coefficient (Wildman–Crippen LogP) is 1.82. The summed E-state index contributed by atoms with van der Waals surface area (Å²) in [6.45, 7) is 5.48. The number of hydrogen-bond donors (Lipinski definition) is 1. The van der Waals surface area contributed by atoms with E-state index >= 15 is 0 Å². The molecule has 0 saturated heterocycles. The molecule has 1 aromatic rings. The Hall–Kier alpha value is -1.13. The summed E-state index contributed by atoms with van der Waals surface area (Å²) in [4.78, 5) is 11.6. The highest BCUT2D eigenvalue weighted by atomic mass is 35.5. The Kier molecular flexibility index (Phi) is 4.48. The number of hydrogen-bond acceptors (Lipinski definition) is 3. The van der Waals surface area contributed by atoms with Gasteiger partial charge in [-0.1, -0.05) is 11.6 Å². The highest BCUT2D eigenvalue weighted by molar-refractivity contribution is 6.30. The molecule has 1 aromatic heterocycles. The third-order valence-corrected chi connectivity index (χ3v) is 2.24. The molecule has 0 radical (unpaired) electrons. The molecular formula is C12H18ClN2O2+. The molecule has 1 heterocycles. The average molecular weight is 258 g/mol. The summed E-state index contributed by atoms with van der Waals surface area (Å²) in [6.07, 6.45) is 3.15. The molecule has 5 heteroatoms. The molecule has 0 aromatic carbocycles. The zero-order valence-electron chi connectivity index (χ0n) is 10.3. The van der Waals surface area contributed by atoms with Crippen LogP contribution in [-0.2, 0) is 9.53 Å². The molecule has 2 N–H and O–H groups in total. The van der Waals surface area contributed by atoms with Gasteiger partial charge in [-0.3, -0.25) is 10.5 Å². The van der Waals surface area contributed by atoms with E-state index in [0.717, 1.165) is 0 Å². The van der Waals surface area contributed by atoms with Gasteiger partial charge in [0.15, 0.2) is 12.4 Å². The Balaban J connectivity index is 2.57. The van der Waals surface area contributed by atoms with Gasteiger partial charge in [0, 0.05) is 12.1 Å². The SMILES string of the molecule is CC(C)(C)OC(=O)CC(N)[n+]1ccc(Cl)cc1. The van der Waals surface area contributed by atoms with Crippen LogP contribution in [0.25, 0.3) is 0 Å². The number of carbonyl (C=O) groups is 1. The molecule has 0 fully saturated rings. The lowest BCUT2D eigenvalue weighted by atomic mass is 10.2. The number of aromatic nitrogens is 1. The molecule has 0 aliphatic carbocycles. The molecular weight excluding hydrogens is 240 g/mol. The van der Waals surface area contributed by atoms with Crippen LogP contribution in [0, 0.1) is 0 Å². The maximum Gasteiger partial charge on any atom is 0.314 e. The van der Waals surface area contributed by atoms with Crippen molar-refractivity contribution in [3.05, 3.63) is 29.5 Å². The summed E-state index contributed by atoms with van der Waals surface area (Å²) in [7, 11) is 0. The van der Waals surface area contributed by atoms with E-state index < -0.39 is 11.8 Å². The van der Waals surface area contributed by atoms with E-state index in [-0.39, 0.29) is 12.4 Å². The van der Waals surface area contributed by atoms with Crippen molar-refractivity contribution in [2.75, 3.05) is 0 Å². The second-order valence-electron chi connectivity index (χ2n) is 4.82. The molecule has 0 aliphatic rings. The van der Waals surface area contributed by atoms with Crippen molar-refractivity contribution < 1.29 is 14.1 Å². The Bertz CT molecular complexity index is 384. The third kappa shape index (κ3) is 5.15. The maximum absolute atomic E-state index is 11.6. The van der Waals surface area contributed by atoms with Crippen molar-refractivity contribution in [3.63, 3.8) is 0 Å². The van der Waals surface area contributed by atoms with Gasteiger partial charge in [0.05, 0.1) is 5.02 Å². The van der Waals surface area contributed by atoms with Gasteiger partial charge < -0.3 is 4.74 Å². The summed E-state index contributed by atoms with van der Waals surface area (Å²) in [6, 6.07) is 3.44. The van der Waals surface area contributed by atoms with Crippen LogP contribution >= 0.6 is 11.6 Å². The number of halogens is 1. The molecule has 0 spiro atoms. The Morgan fingerprint density at radius 3 is 2.47 bits per heavy atom. The van der Waals surface area contributed by atoms with Gasteiger partial charge in [-0.2, -0.15) is 4.57 Å². The van der Waals surface area contributed by atoms with Crippen molar-refractivity contribution in [2.24, 2.45) is 5.73 Å². The minimum Gasteiger partial charge on any atom is -0.460 e. The van der Waals surface area contributed by atoms with Gasteiger partial charge in [-0.05, 0) is 20.8 Å². The fourth-order valence-electron chi connectivity index (χ4n) is 1.30. The van der Waals surface area contributed by atoms with Crippen molar-refractivity contribution in [1.82, 2.24) is 0 Å². The zero-order chi connectivity index (χ0) is 13.1. The quantitative estimate of drug-likeness (QED) is 0.664. The molecule has 1 atom stereocenters. The lowest BCUT2D eigenvalue weighted by molar-refractivity contribution is -0.721. The van der Waals surface area contributed by atoms with Crippen LogP contribution in [-0.4, -0.2) is 11.6 Å². The van der Waals surface area contributed by atoms with E-state index in [0.29, 0.717) is 5.02 Å². The van der Waals surface area contributed by atoms with Crippen LogP contribution < -0.4 is 10.3 Å². The lowest BCUT2D eigenvalue weighted by Crippen LogP contribution is -2.45.